The van der Waals surface area contributed by atoms with Crippen molar-refractivity contribution in [3.8, 4) is 0 Å². The van der Waals surface area contributed by atoms with E-state index >= 15 is 0 Å². The van der Waals surface area contributed by atoms with E-state index in [1.165, 1.54) is 10.4 Å². The molecular weight excluding hydrogens is 448 g/mol. The van der Waals surface area contributed by atoms with Crippen molar-refractivity contribution < 1.29 is 18.0 Å². The fourth-order valence-corrected chi connectivity index (χ4v) is 6.21. The Morgan fingerprint density at radius 1 is 1.00 bits per heavy atom. The summed E-state index contributed by atoms with van der Waals surface area (Å²) in [6, 6.07) is 9.76. The smallest absolute Gasteiger partial charge is 0.319 e. The Kier molecular flexibility index (Phi) is 6.01. The lowest BCUT2D eigenvalue weighted by Gasteiger charge is -2.33. The van der Waals surface area contributed by atoms with Crippen molar-refractivity contribution in [2.75, 3.05) is 31.5 Å². The van der Waals surface area contributed by atoms with E-state index in [0.29, 0.717) is 28.7 Å². The van der Waals surface area contributed by atoms with E-state index in [4.69, 9.17) is 11.6 Å². The summed E-state index contributed by atoms with van der Waals surface area (Å²) in [4.78, 5) is 26.2. The lowest BCUT2D eigenvalue weighted by molar-refractivity contribution is 0.0698. The number of hydrogen-bond donors (Lipinski definition) is 2. The largest absolute Gasteiger partial charge is 0.336 e. The molecule has 2 fully saturated rings. The Morgan fingerprint density at radius 2 is 1.67 bits per heavy atom. The third-order valence-corrected chi connectivity index (χ3v) is 8.57. The molecule has 1 saturated heterocycles. The molecule has 8 nitrogen and oxygen atoms in total. The van der Waals surface area contributed by atoms with Gasteiger partial charge in [0.15, 0.2) is 0 Å². The van der Waals surface area contributed by atoms with Crippen LogP contribution >= 0.6 is 22.9 Å². The van der Waals surface area contributed by atoms with E-state index in [2.05, 4.69) is 10.6 Å². The van der Waals surface area contributed by atoms with Gasteiger partial charge in [0, 0.05) is 43.5 Å². The van der Waals surface area contributed by atoms with Crippen LogP contribution in [0.1, 0.15) is 23.2 Å². The summed E-state index contributed by atoms with van der Waals surface area (Å²) in [5.74, 6) is -0.166. The number of urea groups is 1. The fourth-order valence-electron chi connectivity index (χ4n) is 3.15. The van der Waals surface area contributed by atoms with Crippen LogP contribution in [0.15, 0.2) is 40.6 Å². The Bertz CT molecular complexity index is 1040. The molecule has 0 spiro atoms. The quantitative estimate of drug-likeness (QED) is 0.704. The highest BCUT2D eigenvalue weighted by Gasteiger charge is 2.31. The lowest BCUT2D eigenvalue weighted by atomic mass is 10.1. The van der Waals surface area contributed by atoms with Crippen molar-refractivity contribution in [2.45, 2.75) is 23.1 Å². The van der Waals surface area contributed by atoms with Crippen molar-refractivity contribution in [2.24, 2.45) is 0 Å². The summed E-state index contributed by atoms with van der Waals surface area (Å²) in [6.07, 6.45) is 2.02. The van der Waals surface area contributed by atoms with Gasteiger partial charge in [-0.05, 0) is 49.2 Å². The zero-order valence-electron chi connectivity index (χ0n) is 16.0. The molecule has 0 unspecified atom stereocenters. The van der Waals surface area contributed by atoms with Crippen LogP contribution in [0.4, 0.5) is 10.5 Å². The molecule has 2 aliphatic rings. The van der Waals surface area contributed by atoms with Crippen LogP contribution in [-0.4, -0.2) is 61.8 Å². The minimum Gasteiger partial charge on any atom is -0.336 e. The van der Waals surface area contributed by atoms with Crippen LogP contribution in [0.3, 0.4) is 0 Å². The molecular formula is C19H21ClN4O4S2. The first-order valence-corrected chi connectivity index (χ1v) is 12.2. The van der Waals surface area contributed by atoms with Gasteiger partial charge in [0.25, 0.3) is 15.9 Å². The monoisotopic (exact) mass is 468 g/mol. The molecule has 1 saturated carbocycles. The van der Waals surface area contributed by atoms with E-state index in [-0.39, 0.29) is 35.3 Å². The van der Waals surface area contributed by atoms with Crippen molar-refractivity contribution in [1.29, 1.82) is 0 Å². The van der Waals surface area contributed by atoms with Crippen LogP contribution in [0.2, 0.25) is 4.34 Å². The normalized spacial score (nSPS) is 17.6. The summed E-state index contributed by atoms with van der Waals surface area (Å²) in [6.45, 7) is 1.07. The van der Waals surface area contributed by atoms with Gasteiger partial charge in [0.05, 0.1) is 4.34 Å². The molecule has 30 heavy (non-hydrogen) atoms. The third-order valence-electron chi connectivity index (χ3n) is 4.97. The number of halogens is 1. The van der Waals surface area contributed by atoms with Gasteiger partial charge in [-0.15, -0.1) is 11.3 Å². The highest BCUT2D eigenvalue weighted by molar-refractivity contribution is 7.91. The highest BCUT2D eigenvalue weighted by atomic mass is 35.5. The number of benzene rings is 1. The minimum absolute atomic E-state index is 0.166. The van der Waals surface area contributed by atoms with Crippen molar-refractivity contribution in [3.05, 3.63) is 46.3 Å². The van der Waals surface area contributed by atoms with E-state index in [0.717, 1.165) is 24.2 Å². The van der Waals surface area contributed by atoms with Gasteiger partial charge >= 0.3 is 6.03 Å². The molecule has 1 aromatic carbocycles. The molecule has 11 heteroatoms. The highest BCUT2D eigenvalue weighted by Crippen LogP contribution is 2.28. The van der Waals surface area contributed by atoms with Gasteiger partial charge in [-0.1, -0.05) is 11.6 Å². The maximum Gasteiger partial charge on any atom is 0.319 e. The SMILES string of the molecule is O=C(Nc1ccc(C(=O)N2CCN(S(=O)(=O)c3ccc(Cl)s3)CC2)cc1)NC1CC1. The number of nitrogens with zero attached hydrogens (tertiary/aromatic N) is 2. The molecule has 0 bridgehead atoms. The van der Waals surface area contributed by atoms with Gasteiger partial charge < -0.3 is 15.5 Å². The summed E-state index contributed by atoms with van der Waals surface area (Å²) >= 11 is 6.88. The van der Waals surface area contributed by atoms with Gasteiger partial charge in [0.2, 0.25) is 0 Å². The Morgan fingerprint density at radius 3 is 2.23 bits per heavy atom. The number of piperazine rings is 1. The summed E-state index contributed by atoms with van der Waals surface area (Å²) in [5.41, 5.74) is 1.10. The van der Waals surface area contributed by atoms with Crippen LogP contribution in [0, 0.1) is 0 Å². The lowest BCUT2D eigenvalue weighted by Crippen LogP contribution is -2.50. The Labute approximate surface area is 183 Å². The van der Waals surface area contributed by atoms with E-state index in [1.54, 1.807) is 35.2 Å². The third kappa shape index (κ3) is 4.77. The number of sulfonamides is 1. The second-order valence-corrected chi connectivity index (χ2v) is 11.1. The molecule has 0 radical (unpaired) electrons. The average molecular weight is 469 g/mol. The second-order valence-electron chi connectivity index (χ2n) is 7.20. The number of carbonyl (C=O) groups is 2. The number of thiophene rings is 1. The van der Waals surface area contributed by atoms with Gasteiger partial charge in [-0.3, -0.25) is 4.79 Å². The molecule has 0 atom stereocenters. The molecule has 1 aromatic heterocycles. The van der Waals surface area contributed by atoms with Crippen molar-refractivity contribution in [1.82, 2.24) is 14.5 Å². The number of amides is 3. The molecule has 160 valence electrons. The summed E-state index contributed by atoms with van der Waals surface area (Å²) in [5, 5.41) is 5.58. The Balaban J connectivity index is 1.33. The number of carbonyl (C=O) groups excluding carboxylic acids is 2. The zero-order chi connectivity index (χ0) is 21.3. The number of anilines is 1. The fraction of sp³-hybridized carbons (Fsp3) is 0.368. The average Bonchev–Trinajstić information content (AvgIpc) is 3.43. The first kappa shape index (κ1) is 21.1. The first-order valence-electron chi connectivity index (χ1n) is 9.55. The predicted molar refractivity (Wildman–Crippen MR) is 116 cm³/mol. The second kappa shape index (κ2) is 8.54. The zero-order valence-corrected chi connectivity index (χ0v) is 18.4. The van der Waals surface area contributed by atoms with Crippen LogP contribution in [0.25, 0.3) is 0 Å². The van der Waals surface area contributed by atoms with E-state index in [9.17, 15) is 18.0 Å². The number of nitrogens with one attached hydrogen (secondary N) is 2. The van der Waals surface area contributed by atoms with Crippen molar-refractivity contribution >= 4 is 50.6 Å². The van der Waals surface area contributed by atoms with Gasteiger partial charge in [-0.2, -0.15) is 4.31 Å². The maximum atomic E-state index is 12.8. The first-order chi connectivity index (χ1) is 14.3. The number of hydrogen-bond acceptors (Lipinski definition) is 5. The number of rotatable bonds is 5. The molecule has 3 amide bonds. The molecule has 4 rings (SSSR count). The summed E-state index contributed by atoms with van der Waals surface area (Å²) < 4.78 is 27.4. The van der Waals surface area contributed by atoms with Crippen LogP contribution in [-0.2, 0) is 10.0 Å². The summed E-state index contributed by atoms with van der Waals surface area (Å²) in [7, 11) is -3.59. The van der Waals surface area contributed by atoms with Gasteiger partial charge in [0.1, 0.15) is 4.21 Å². The van der Waals surface area contributed by atoms with E-state index in [1.807, 2.05) is 0 Å². The van der Waals surface area contributed by atoms with Crippen LogP contribution < -0.4 is 10.6 Å². The van der Waals surface area contributed by atoms with Crippen LogP contribution in [0.5, 0.6) is 0 Å². The van der Waals surface area contributed by atoms with Gasteiger partial charge in [-0.25, -0.2) is 13.2 Å². The van der Waals surface area contributed by atoms with Crippen molar-refractivity contribution in [3.63, 3.8) is 0 Å². The predicted octanol–water partition coefficient (Wildman–Crippen LogP) is 2.83. The maximum absolute atomic E-state index is 12.8. The topological polar surface area (TPSA) is 98.8 Å². The van der Waals surface area contributed by atoms with E-state index < -0.39 is 10.0 Å². The molecule has 1 aliphatic heterocycles. The molecule has 2 heterocycles. The minimum atomic E-state index is -3.59. The standard InChI is InChI=1S/C19H21ClN4O4S2/c20-16-7-8-17(29-16)30(27,28)24-11-9-23(10-12-24)18(25)13-1-3-14(4-2-13)21-19(26)22-15-5-6-15/h1-4,7-8,15H,5-6,9-12H2,(H2,21,22,26). The molecule has 1 aliphatic carbocycles. The molecule has 2 N–H and O–H groups in total. The molecule has 2 aromatic rings. The Hall–Kier alpha value is -2.14.